The number of carboxylic acid groups (broad SMARTS) is 1. The normalized spacial score (nSPS) is 8.86. The van der Waals surface area contributed by atoms with Gasteiger partial charge < -0.3 is 22.8 Å². The van der Waals surface area contributed by atoms with E-state index in [1.807, 2.05) is 0 Å². The molecule has 0 bridgehead atoms. The second kappa shape index (κ2) is 4.86. The molecule has 70 valence electrons. The molecular formula is C4LiO8P. The van der Waals surface area contributed by atoms with Crippen LogP contribution in [0.15, 0.2) is 18.0 Å². The first-order valence-electron chi connectivity index (χ1n) is 2.68. The summed E-state index contributed by atoms with van der Waals surface area (Å²) in [4.78, 5) is 40.7. The summed E-state index contributed by atoms with van der Waals surface area (Å²) >= 11 is 0. The van der Waals surface area contributed by atoms with Gasteiger partial charge in [0, 0.05) is 0 Å². The maximum absolute atomic E-state index is 10.3. The predicted octanol–water partition coefficient (Wildman–Crippen LogP) is -5.71. The fourth-order valence-electron chi connectivity index (χ4n) is 0.371. The molecule has 0 fully saturated rings. The van der Waals surface area contributed by atoms with Crippen LogP contribution < -0.4 is 39.7 Å². The number of carboxylic acids is 1. The fourth-order valence-corrected chi connectivity index (χ4v) is 1.11. The van der Waals surface area contributed by atoms with Gasteiger partial charge in [-0.2, -0.15) is 0 Å². The van der Waals surface area contributed by atoms with Crippen LogP contribution in [0.5, 0.6) is 0 Å². The van der Waals surface area contributed by atoms with Crippen molar-refractivity contribution >= 4 is 20.2 Å². The minimum absolute atomic E-state index is 0. The van der Waals surface area contributed by atoms with Crippen LogP contribution >= 0.6 is 8.24 Å². The number of aliphatic carboxylic acids is 1. The van der Waals surface area contributed by atoms with Crippen LogP contribution in [0.25, 0.3) is 0 Å². The standard InChI is InChI=1S/C4HO8P.Li/c5-1(6)2(7)10-13-11-3(8)4(9)12-13;/h(H,5,6);/q;+1/p-1. The molecule has 8 nitrogen and oxygen atoms in total. The summed E-state index contributed by atoms with van der Waals surface area (Å²) in [6, 6.07) is 0. The molecule has 1 rings (SSSR count). The molecule has 0 radical (unpaired) electrons. The van der Waals surface area contributed by atoms with Crippen molar-refractivity contribution < 1.29 is 46.5 Å². The first-order chi connectivity index (χ1) is 6.00. The number of carbonyl (C=O) groups excluding carboxylic acids is 2. The molecule has 0 aliphatic carbocycles. The van der Waals surface area contributed by atoms with Crippen molar-refractivity contribution in [3.8, 4) is 0 Å². The van der Waals surface area contributed by atoms with E-state index in [-0.39, 0.29) is 18.9 Å². The van der Waals surface area contributed by atoms with Gasteiger partial charge in [-0.3, -0.25) is 0 Å². The Morgan fingerprint density at radius 3 is 2.00 bits per heavy atom. The number of hydrogen-bond acceptors (Lipinski definition) is 8. The first-order valence-corrected chi connectivity index (χ1v) is 3.78. The van der Waals surface area contributed by atoms with Crippen molar-refractivity contribution in [3.05, 3.63) is 20.8 Å². The number of carbonyl (C=O) groups is 2. The van der Waals surface area contributed by atoms with E-state index in [1.54, 1.807) is 0 Å². The monoisotopic (exact) mass is 214 g/mol. The topological polar surface area (TPSA) is 127 Å². The van der Waals surface area contributed by atoms with E-state index in [9.17, 15) is 24.3 Å². The van der Waals surface area contributed by atoms with Crippen molar-refractivity contribution in [2.45, 2.75) is 0 Å². The second-order valence-electron chi connectivity index (χ2n) is 1.65. The van der Waals surface area contributed by atoms with E-state index >= 15 is 0 Å². The largest absolute Gasteiger partial charge is 1.00 e. The summed E-state index contributed by atoms with van der Waals surface area (Å²) in [5.41, 5.74) is -2.67. The molecule has 10 heteroatoms. The summed E-state index contributed by atoms with van der Waals surface area (Å²) < 4.78 is 11.9. The summed E-state index contributed by atoms with van der Waals surface area (Å²) in [6.45, 7) is 0. The van der Waals surface area contributed by atoms with E-state index in [4.69, 9.17) is 0 Å². The van der Waals surface area contributed by atoms with Crippen molar-refractivity contribution in [2.75, 3.05) is 0 Å². The van der Waals surface area contributed by atoms with Crippen molar-refractivity contribution in [1.82, 2.24) is 0 Å². The van der Waals surface area contributed by atoms with Crippen LogP contribution in [0.1, 0.15) is 0 Å². The molecule has 1 heterocycles. The predicted molar refractivity (Wildman–Crippen MR) is 32.8 cm³/mol. The number of rotatable bonds is 1. The van der Waals surface area contributed by atoms with Crippen molar-refractivity contribution in [1.29, 1.82) is 0 Å². The van der Waals surface area contributed by atoms with Crippen LogP contribution in [0.2, 0.25) is 0 Å². The van der Waals surface area contributed by atoms with E-state index in [2.05, 4.69) is 12.9 Å². The van der Waals surface area contributed by atoms with Crippen LogP contribution in [-0.4, -0.2) is 11.9 Å². The quantitative estimate of drug-likeness (QED) is 0.334. The minimum Gasteiger partial charge on any atom is -0.539 e. The summed E-state index contributed by atoms with van der Waals surface area (Å²) in [5.74, 6) is -3.89. The zero-order valence-corrected chi connectivity index (χ0v) is 7.61. The van der Waals surface area contributed by atoms with Gasteiger partial charge in [0.15, 0.2) is 5.97 Å². The molecule has 0 aliphatic heterocycles. The van der Waals surface area contributed by atoms with Gasteiger partial charge in [-0.1, -0.05) is 0 Å². The van der Waals surface area contributed by atoms with Crippen molar-refractivity contribution in [2.24, 2.45) is 0 Å². The maximum Gasteiger partial charge on any atom is 1.00 e. The minimum atomic E-state index is -2.57. The zero-order valence-electron chi connectivity index (χ0n) is 6.71. The van der Waals surface area contributed by atoms with E-state index in [1.165, 1.54) is 0 Å². The Kier molecular flexibility index (Phi) is 4.44. The second-order valence-corrected chi connectivity index (χ2v) is 2.64. The number of hydrogen-bond donors (Lipinski definition) is 0. The Hall–Kier alpha value is -1.22. The summed E-state index contributed by atoms with van der Waals surface area (Å²) in [7, 11) is -2.57. The van der Waals surface area contributed by atoms with E-state index in [0.29, 0.717) is 0 Å². The third-order valence-electron chi connectivity index (χ3n) is 0.806. The molecule has 1 aromatic heterocycles. The Balaban J connectivity index is 0.00000169. The molecule has 0 N–H and O–H groups in total. The molecule has 0 aromatic carbocycles. The third-order valence-corrected chi connectivity index (χ3v) is 1.75. The average Bonchev–Trinajstić information content (AvgIpc) is 2.31. The van der Waals surface area contributed by atoms with Gasteiger partial charge in [-0.05, 0) is 0 Å². The fraction of sp³-hybridized carbons (Fsp3) is 0. The third kappa shape index (κ3) is 2.92. The molecule has 0 aliphatic rings. The van der Waals surface area contributed by atoms with Crippen LogP contribution in [-0.2, 0) is 9.59 Å². The molecule has 14 heavy (non-hydrogen) atoms. The van der Waals surface area contributed by atoms with E-state index < -0.39 is 31.4 Å². The van der Waals surface area contributed by atoms with Gasteiger partial charge >= 0.3 is 44.3 Å². The molecule has 0 saturated carbocycles. The Morgan fingerprint density at radius 1 is 1.21 bits per heavy atom. The van der Waals surface area contributed by atoms with Crippen LogP contribution in [0, 0.1) is 0 Å². The van der Waals surface area contributed by atoms with Gasteiger partial charge in [0.2, 0.25) is 0 Å². The smallest absolute Gasteiger partial charge is 0.539 e. The van der Waals surface area contributed by atoms with Gasteiger partial charge in [0.1, 0.15) is 0 Å². The van der Waals surface area contributed by atoms with Gasteiger partial charge in [-0.15, -0.1) is 0 Å². The van der Waals surface area contributed by atoms with Gasteiger partial charge in [-0.25, -0.2) is 14.4 Å². The molecular weight excluding hydrogens is 214 g/mol. The molecule has 0 unspecified atom stereocenters. The zero-order chi connectivity index (χ0) is 10.0. The average molecular weight is 214 g/mol. The van der Waals surface area contributed by atoms with Crippen LogP contribution in [0.3, 0.4) is 0 Å². The molecule has 1 aromatic rings. The Labute approximate surface area is 88.0 Å². The SMILES string of the molecule is O=C([O-])C(=O)Op1oc(=O)c(=O)o1.[Li+]. The molecule has 0 amide bonds. The summed E-state index contributed by atoms with van der Waals surface area (Å²) in [5, 5.41) is 9.79. The van der Waals surface area contributed by atoms with Crippen LogP contribution in [0.4, 0.5) is 0 Å². The van der Waals surface area contributed by atoms with E-state index in [0.717, 1.165) is 0 Å². The molecule has 0 saturated heterocycles. The summed E-state index contributed by atoms with van der Waals surface area (Å²) in [6.07, 6.45) is 0. The first kappa shape index (κ1) is 12.8. The molecule has 0 atom stereocenters. The molecule has 0 spiro atoms. The van der Waals surface area contributed by atoms with Crippen molar-refractivity contribution in [3.63, 3.8) is 0 Å². The Bertz CT molecular complexity index is 423. The van der Waals surface area contributed by atoms with Gasteiger partial charge in [0.25, 0.3) is 0 Å². The van der Waals surface area contributed by atoms with Gasteiger partial charge in [0.05, 0.1) is 0 Å². The Morgan fingerprint density at radius 2 is 1.64 bits per heavy atom. The maximum atomic E-state index is 10.3.